The molecule has 0 aliphatic carbocycles. The highest BCUT2D eigenvalue weighted by atomic mass is 16.6. The van der Waals surface area contributed by atoms with Crippen molar-refractivity contribution in [2.24, 2.45) is 0 Å². The highest BCUT2D eigenvalue weighted by Gasteiger charge is 2.24. The molecule has 5 rings (SSSR count). The number of carbonyl (C=O) groups excluding carboxylic acids is 2. The van der Waals surface area contributed by atoms with Gasteiger partial charge in [-0.3, -0.25) is 9.59 Å². The molecule has 0 atom stereocenters. The number of fused-ring (bicyclic) bond motifs is 2. The number of anilines is 1. The Labute approximate surface area is 190 Å². The van der Waals surface area contributed by atoms with E-state index >= 15 is 0 Å². The van der Waals surface area contributed by atoms with Crippen LogP contribution in [0.15, 0.2) is 77.2 Å². The lowest BCUT2D eigenvalue weighted by Crippen LogP contribution is -2.16. The number of amides is 1. The number of carbonyl (C=O) groups is 2. The van der Waals surface area contributed by atoms with Crippen molar-refractivity contribution in [2.45, 2.75) is 6.92 Å². The number of ketones is 1. The number of aryl methyl sites for hydroxylation is 1. The fourth-order valence-electron chi connectivity index (χ4n) is 3.66. The largest absolute Gasteiger partial charge is 0.486 e. The molecule has 1 aliphatic heterocycles. The standard InChI is InChI=1S/C27H21NO5/c1-17-6-8-18(9-7-17)10-13-24(29)28-25-20-4-2-3-5-21(20)33-27(25)26(30)19-11-12-22-23(16-19)32-15-14-31-22/h2-13,16H,14-15H2,1H3,(H,28,29)/b13-10+. The highest BCUT2D eigenvalue weighted by molar-refractivity contribution is 6.18. The number of ether oxygens (including phenoxy) is 2. The number of para-hydroxylation sites is 1. The second-order valence-electron chi connectivity index (χ2n) is 7.72. The Hall–Kier alpha value is -4.32. The van der Waals surface area contributed by atoms with Gasteiger partial charge in [0.15, 0.2) is 17.3 Å². The van der Waals surface area contributed by atoms with Gasteiger partial charge in [0.1, 0.15) is 18.8 Å². The number of benzene rings is 3. The maximum absolute atomic E-state index is 13.4. The second-order valence-corrected chi connectivity index (χ2v) is 7.72. The van der Waals surface area contributed by atoms with E-state index in [2.05, 4.69) is 5.32 Å². The summed E-state index contributed by atoms with van der Waals surface area (Å²) in [6.45, 7) is 2.89. The summed E-state index contributed by atoms with van der Waals surface area (Å²) in [5.74, 6) is 0.441. The molecule has 0 radical (unpaired) electrons. The monoisotopic (exact) mass is 439 g/mol. The van der Waals surface area contributed by atoms with Gasteiger partial charge in [-0.15, -0.1) is 0 Å². The van der Waals surface area contributed by atoms with Crippen LogP contribution in [0.1, 0.15) is 27.2 Å². The summed E-state index contributed by atoms with van der Waals surface area (Å²) in [5.41, 5.74) is 3.27. The molecule has 2 heterocycles. The van der Waals surface area contributed by atoms with Crippen molar-refractivity contribution in [3.05, 3.63) is 95.3 Å². The zero-order valence-electron chi connectivity index (χ0n) is 18.0. The molecule has 6 heteroatoms. The summed E-state index contributed by atoms with van der Waals surface area (Å²) in [6.07, 6.45) is 3.16. The minimum Gasteiger partial charge on any atom is -0.486 e. The Balaban J connectivity index is 1.46. The molecule has 33 heavy (non-hydrogen) atoms. The van der Waals surface area contributed by atoms with Crippen LogP contribution in [-0.4, -0.2) is 24.9 Å². The van der Waals surface area contributed by atoms with E-state index < -0.39 is 0 Å². The molecule has 0 saturated carbocycles. The van der Waals surface area contributed by atoms with Crippen LogP contribution in [0.2, 0.25) is 0 Å². The Morgan fingerprint density at radius 3 is 2.48 bits per heavy atom. The van der Waals surface area contributed by atoms with Gasteiger partial charge in [0.2, 0.25) is 11.7 Å². The number of rotatable bonds is 5. The molecule has 4 aromatic rings. The summed E-state index contributed by atoms with van der Waals surface area (Å²) in [4.78, 5) is 26.1. The molecule has 6 nitrogen and oxygen atoms in total. The first-order valence-corrected chi connectivity index (χ1v) is 10.6. The fourth-order valence-corrected chi connectivity index (χ4v) is 3.66. The zero-order valence-corrected chi connectivity index (χ0v) is 18.0. The summed E-state index contributed by atoms with van der Waals surface area (Å²) < 4.78 is 17.0. The molecule has 1 aliphatic rings. The average molecular weight is 439 g/mol. The van der Waals surface area contributed by atoms with Crippen LogP contribution in [0.25, 0.3) is 17.0 Å². The molecule has 1 aromatic heterocycles. The van der Waals surface area contributed by atoms with Gasteiger partial charge in [-0.1, -0.05) is 42.0 Å². The molecular weight excluding hydrogens is 418 g/mol. The van der Waals surface area contributed by atoms with E-state index in [9.17, 15) is 9.59 Å². The summed E-state index contributed by atoms with van der Waals surface area (Å²) in [6, 6.07) is 20.0. The molecule has 0 bridgehead atoms. The third-order valence-corrected chi connectivity index (χ3v) is 5.36. The molecule has 0 spiro atoms. The lowest BCUT2D eigenvalue weighted by atomic mass is 10.1. The van der Waals surface area contributed by atoms with Crippen molar-refractivity contribution in [2.75, 3.05) is 18.5 Å². The van der Waals surface area contributed by atoms with Crippen molar-refractivity contribution < 1.29 is 23.5 Å². The Kier molecular flexibility index (Phi) is 5.40. The predicted octanol–water partition coefficient (Wildman–Crippen LogP) is 5.40. The Bertz CT molecular complexity index is 1380. The lowest BCUT2D eigenvalue weighted by molar-refractivity contribution is -0.111. The number of furan rings is 1. The quantitative estimate of drug-likeness (QED) is 0.333. The van der Waals surface area contributed by atoms with E-state index in [1.807, 2.05) is 43.3 Å². The first kappa shape index (κ1) is 20.6. The molecule has 1 amide bonds. The highest BCUT2D eigenvalue weighted by Crippen LogP contribution is 2.35. The summed E-state index contributed by atoms with van der Waals surface area (Å²) in [5, 5.41) is 3.48. The second kappa shape index (κ2) is 8.67. The molecule has 0 fully saturated rings. The minimum absolute atomic E-state index is 0.0602. The predicted molar refractivity (Wildman–Crippen MR) is 126 cm³/mol. The van der Waals surface area contributed by atoms with Gasteiger partial charge >= 0.3 is 0 Å². The van der Waals surface area contributed by atoms with Gasteiger partial charge in [-0.25, -0.2) is 0 Å². The van der Waals surface area contributed by atoms with Gasteiger partial charge < -0.3 is 19.2 Å². The minimum atomic E-state index is -0.363. The molecular formula is C27H21NO5. The topological polar surface area (TPSA) is 77.8 Å². The van der Waals surface area contributed by atoms with Crippen molar-refractivity contribution >= 4 is 34.4 Å². The zero-order chi connectivity index (χ0) is 22.8. The number of nitrogens with one attached hydrogen (secondary N) is 1. The number of hydrogen-bond acceptors (Lipinski definition) is 5. The normalized spacial score (nSPS) is 12.8. The van der Waals surface area contributed by atoms with Crippen LogP contribution in [0.3, 0.4) is 0 Å². The van der Waals surface area contributed by atoms with E-state index in [1.165, 1.54) is 6.08 Å². The fraction of sp³-hybridized carbons (Fsp3) is 0.111. The molecule has 1 N–H and O–H groups in total. The first-order valence-electron chi connectivity index (χ1n) is 10.6. The van der Waals surface area contributed by atoms with Gasteiger partial charge in [0.25, 0.3) is 0 Å². The number of hydrogen-bond donors (Lipinski definition) is 1. The van der Waals surface area contributed by atoms with E-state index in [0.29, 0.717) is 46.9 Å². The van der Waals surface area contributed by atoms with Crippen LogP contribution in [0, 0.1) is 6.92 Å². The van der Waals surface area contributed by atoms with Crippen LogP contribution in [-0.2, 0) is 4.79 Å². The van der Waals surface area contributed by atoms with E-state index in [0.717, 1.165) is 11.1 Å². The molecule has 0 unspecified atom stereocenters. The van der Waals surface area contributed by atoms with Crippen molar-refractivity contribution in [3.8, 4) is 11.5 Å². The summed E-state index contributed by atoms with van der Waals surface area (Å²) in [7, 11) is 0. The van der Waals surface area contributed by atoms with Crippen molar-refractivity contribution in [1.29, 1.82) is 0 Å². The summed E-state index contributed by atoms with van der Waals surface area (Å²) >= 11 is 0. The smallest absolute Gasteiger partial charge is 0.248 e. The van der Waals surface area contributed by atoms with E-state index in [-0.39, 0.29) is 17.5 Å². The lowest BCUT2D eigenvalue weighted by Gasteiger charge is -2.18. The Morgan fingerprint density at radius 1 is 0.909 bits per heavy atom. The van der Waals surface area contributed by atoms with Gasteiger partial charge in [-0.2, -0.15) is 0 Å². The maximum atomic E-state index is 13.4. The molecule has 3 aromatic carbocycles. The average Bonchev–Trinajstić information content (AvgIpc) is 3.21. The first-order chi connectivity index (χ1) is 16.1. The van der Waals surface area contributed by atoms with Gasteiger partial charge in [-0.05, 0) is 48.9 Å². The van der Waals surface area contributed by atoms with Crippen LogP contribution in [0.5, 0.6) is 11.5 Å². The third-order valence-electron chi connectivity index (χ3n) is 5.36. The van der Waals surface area contributed by atoms with E-state index in [4.69, 9.17) is 13.9 Å². The van der Waals surface area contributed by atoms with Crippen molar-refractivity contribution in [1.82, 2.24) is 0 Å². The van der Waals surface area contributed by atoms with Gasteiger partial charge in [0, 0.05) is 17.0 Å². The van der Waals surface area contributed by atoms with Gasteiger partial charge in [0.05, 0.1) is 5.69 Å². The van der Waals surface area contributed by atoms with Crippen molar-refractivity contribution in [3.63, 3.8) is 0 Å². The third kappa shape index (κ3) is 4.23. The van der Waals surface area contributed by atoms with Crippen LogP contribution in [0.4, 0.5) is 5.69 Å². The molecule has 0 saturated heterocycles. The van der Waals surface area contributed by atoms with Crippen LogP contribution >= 0.6 is 0 Å². The van der Waals surface area contributed by atoms with E-state index in [1.54, 1.807) is 36.4 Å². The Morgan fingerprint density at radius 2 is 1.67 bits per heavy atom. The van der Waals surface area contributed by atoms with Crippen LogP contribution < -0.4 is 14.8 Å². The SMILES string of the molecule is Cc1ccc(/C=C/C(=O)Nc2c(C(=O)c3ccc4c(c3)OCCO4)oc3ccccc23)cc1. The maximum Gasteiger partial charge on any atom is 0.248 e. The molecule has 164 valence electrons.